The van der Waals surface area contributed by atoms with Crippen molar-refractivity contribution in [2.75, 3.05) is 12.1 Å². The van der Waals surface area contributed by atoms with Crippen molar-refractivity contribution in [3.05, 3.63) is 76.0 Å². The van der Waals surface area contributed by atoms with Crippen molar-refractivity contribution in [3.63, 3.8) is 0 Å². The Morgan fingerprint density at radius 3 is 2.67 bits per heavy atom. The molecule has 0 bridgehead atoms. The maximum atomic E-state index is 10.9. The van der Waals surface area contributed by atoms with Gasteiger partial charge in [0.2, 0.25) is 0 Å². The van der Waals surface area contributed by atoms with Crippen LogP contribution in [-0.4, -0.2) is 33.3 Å². The number of aryl methyl sites for hydroxylation is 1. The first-order chi connectivity index (χ1) is 12.9. The molecular formula is C19H17N5O3. The second kappa shape index (κ2) is 7.61. The summed E-state index contributed by atoms with van der Waals surface area (Å²) in [6.07, 6.45) is 1.52. The van der Waals surface area contributed by atoms with Gasteiger partial charge in [-0.1, -0.05) is 24.3 Å². The predicted octanol–water partition coefficient (Wildman–Crippen LogP) is 3.54. The van der Waals surface area contributed by atoms with Gasteiger partial charge in [0.1, 0.15) is 5.75 Å². The topological polar surface area (TPSA) is 105 Å². The van der Waals surface area contributed by atoms with E-state index < -0.39 is 4.92 Å². The number of nitrogens with zero attached hydrogens (tertiary/aromatic N) is 5. The minimum absolute atomic E-state index is 0.00122. The Labute approximate surface area is 155 Å². The number of benzene rings is 2. The van der Waals surface area contributed by atoms with E-state index in [-0.39, 0.29) is 11.4 Å². The molecule has 0 saturated heterocycles. The molecule has 0 aliphatic carbocycles. The van der Waals surface area contributed by atoms with Crippen molar-refractivity contribution in [2.45, 2.75) is 6.92 Å². The van der Waals surface area contributed by atoms with Gasteiger partial charge in [-0.15, -0.1) is 0 Å². The maximum absolute atomic E-state index is 10.9. The highest BCUT2D eigenvalue weighted by atomic mass is 16.6. The average Bonchev–Trinajstić information content (AvgIpc) is 2.66. The zero-order valence-electron chi connectivity index (χ0n) is 14.8. The SMILES string of the molecule is Cc1cc(N(C)N=Cc2cccc([N+](=O)[O-])c2)nc(-c2ccccc2O)n1. The van der Waals surface area contributed by atoms with E-state index in [1.807, 2.05) is 6.92 Å². The quantitative estimate of drug-likeness (QED) is 0.422. The number of nitro benzene ring substituents is 1. The van der Waals surface area contributed by atoms with Crippen molar-refractivity contribution < 1.29 is 10.0 Å². The van der Waals surface area contributed by atoms with Crippen molar-refractivity contribution in [1.82, 2.24) is 9.97 Å². The minimum atomic E-state index is -0.451. The summed E-state index contributed by atoms with van der Waals surface area (Å²) in [5.41, 5.74) is 1.85. The molecule has 0 saturated carbocycles. The van der Waals surface area contributed by atoms with Gasteiger partial charge in [0.05, 0.1) is 16.7 Å². The molecule has 8 nitrogen and oxygen atoms in total. The van der Waals surface area contributed by atoms with Crippen molar-refractivity contribution >= 4 is 17.7 Å². The number of rotatable bonds is 5. The highest BCUT2D eigenvalue weighted by Gasteiger charge is 2.11. The zero-order chi connectivity index (χ0) is 19.4. The largest absolute Gasteiger partial charge is 0.507 e. The molecule has 136 valence electrons. The number of aromatic hydroxyl groups is 1. The lowest BCUT2D eigenvalue weighted by molar-refractivity contribution is -0.384. The summed E-state index contributed by atoms with van der Waals surface area (Å²) in [7, 11) is 1.71. The number of para-hydroxylation sites is 1. The van der Waals surface area contributed by atoms with Gasteiger partial charge in [0.25, 0.3) is 5.69 Å². The van der Waals surface area contributed by atoms with Crippen molar-refractivity contribution in [1.29, 1.82) is 0 Å². The van der Waals surface area contributed by atoms with Crippen LogP contribution in [-0.2, 0) is 0 Å². The number of nitro groups is 1. The van der Waals surface area contributed by atoms with E-state index in [1.54, 1.807) is 49.5 Å². The first-order valence-corrected chi connectivity index (χ1v) is 8.10. The summed E-state index contributed by atoms with van der Waals surface area (Å²) >= 11 is 0. The minimum Gasteiger partial charge on any atom is -0.507 e. The van der Waals surface area contributed by atoms with Crippen LogP contribution in [0.1, 0.15) is 11.3 Å². The Morgan fingerprint density at radius 2 is 1.93 bits per heavy atom. The van der Waals surface area contributed by atoms with Gasteiger partial charge in [0.15, 0.2) is 11.6 Å². The molecule has 0 fully saturated rings. The van der Waals surface area contributed by atoms with Crippen LogP contribution in [0.2, 0.25) is 0 Å². The van der Waals surface area contributed by atoms with E-state index in [0.29, 0.717) is 22.8 Å². The fraction of sp³-hybridized carbons (Fsp3) is 0.105. The Morgan fingerprint density at radius 1 is 1.15 bits per heavy atom. The van der Waals surface area contributed by atoms with Crippen LogP contribution in [0.15, 0.2) is 59.7 Å². The fourth-order valence-corrected chi connectivity index (χ4v) is 2.43. The summed E-state index contributed by atoms with van der Waals surface area (Å²) in [6.45, 7) is 1.83. The number of hydrogen-bond acceptors (Lipinski definition) is 7. The Hall–Kier alpha value is -3.81. The van der Waals surface area contributed by atoms with Gasteiger partial charge in [-0.25, -0.2) is 9.97 Å². The molecule has 1 N–H and O–H groups in total. The molecule has 8 heteroatoms. The molecule has 0 aliphatic rings. The molecule has 27 heavy (non-hydrogen) atoms. The Kier molecular flexibility index (Phi) is 5.07. The predicted molar refractivity (Wildman–Crippen MR) is 103 cm³/mol. The number of hydrogen-bond donors (Lipinski definition) is 1. The molecule has 3 aromatic rings. The summed E-state index contributed by atoms with van der Waals surface area (Å²) in [5.74, 6) is 1.01. The second-order valence-corrected chi connectivity index (χ2v) is 5.83. The van der Waals surface area contributed by atoms with Gasteiger partial charge in [-0.05, 0) is 19.1 Å². The standard InChI is InChI=1S/C19H17N5O3/c1-13-10-18(22-19(21-13)16-8-3-4-9-17(16)25)23(2)20-12-14-6-5-7-15(11-14)24(26)27/h3-12,25H,1-2H3. The normalized spacial score (nSPS) is 10.9. The smallest absolute Gasteiger partial charge is 0.270 e. The summed E-state index contributed by atoms with van der Waals surface area (Å²) in [5, 5.41) is 26.7. The number of phenols is 1. The van der Waals surface area contributed by atoms with Crippen molar-refractivity contribution in [2.24, 2.45) is 5.10 Å². The Balaban J connectivity index is 1.89. The van der Waals surface area contributed by atoms with Gasteiger partial charge in [-0.3, -0.25) is 15.1 Å². The molecule has 0 radical (unpaired) electrons. The van der Waals surface area contributed by atoms with Gasteiger partial charge >= 0.3 is 0 Å². The van der Waals surface area contributed by atoms with Crippen LogP contribution in [0.3, 0.4) is 0 Å². The van der Waals surface area contributed by atoms with Gasteiger partial charge in [0, 0.05) is 36.5 Å². The van der Waals surface area contributed by atoms with Gasteiger partial charge < -0.3 is 5.11 Å². The highest BCUT2D eigenvalue weighted by molar-refractivity contribution is 5.81. The van der Waals surface area contributed by atoms with Crippen LogP contribution < -0.4 is 5.01 Å². The Bertz CT molecular complexity index is 1020. The van der Waals surface area contributed by atoms with Crippen LogP contribution >= 0.6 is 0 Å². The number of non-ortho nitro benzene ring substituents is 1. The number of aromatic nitrogens is 2. The van der Waals surface area contributed by atoms with E-state index in [1.165, 1.54) is 23.4 Å². The average molecular weight is 363 g/mol. The van der Waals surface area contributed by atoms with Crippen LogP contribution in [0.4, 0.5) is 11.5 Å². The summed E-state index contributed by atoms with van der Waals surface area (Å²) in [6, 6.07) is 14.8. The van der Waals surface area contributed by atoms with Crippen LogP contribution in [0.25, 0.3) is 11.4 Å². The summed E-state index contributed by atoms with van der Waals surface area (Å²) < 4.78 is 0. The lowest BCUT2D eigenvalue weighted by Crippen LogP contribution is -2.12. The molecule has 0 amide bonds. The van der Waals surface area contributed by atoms with Crippen LogP contribution in [0, 0.1) is 17.0 Å². The van der Waals surface area contributed by atoms with Crippen molar-refractivity contribution in [3.8, 4) is 17.1 Å². The zero-order valence-corrected chi connectivity index (χ0v) is 14.8. The first kappa shape index (κ1) is 18.0. The number of anilines is 1. The fourth-order valence-electron chi connectivity index (χ4n) is 2.43. The molecule has 0 spiro atoms. The molecule has 0 unspecified atom stereocenters. The van der Waals surface area contributed by atoms with E-state index in [9.17, 15) is 15.2 Å². The molecule has 1 aromatic heterocycles. The number of phenolic OH excluding ortho intramolecular Hbond substituents is 1. The molecule has 2 aromatic carbocycles. The summed E-state index contributed by atoms with van der Waals surface area (Å²) in [4.78, 5) is 19.2. The van der Waals surface area contributed by atoms with E-state index in [2.05, 4.69) is 15.1 Å². The lowest BCUT2D eigenvalue weighted by atomic mass is 10.2. The molecule has 3 rings (SSSR count). The van der Waals surface area contributed by atoms with E-state index in [0.717, 1.165) is 5.69 Å². The third-order valence-electron chi connectivity index (χ3n) is 3.78. The number of hydrazone groups is 1. The second-order valence-electron chi connectivity index (χ2n) is 5.83. The molecular weight excluding hydrogens is 346 g/mol. The van der Waals surface area contributed by atoms with E-state index in [4.69, 9.17) is 0 Å². The lowest BCUT2D eigenvalue weighted by Gasteiger charge is -2.14. The molecule has 1 heterocycles. The monoisotopic (exact) mass is 363 g/mol. The van der Waals surface area contributed by atoms with Crippen LogP contribution in [0.5, 0.6) is 5.75 Å². The highest BCUT2D eigenvalue weighted by Crippen LogP contribution is 2.27. The van der Waals surface area contributed by atoms with E-state index >= 15 is 0 Å². The molecule has 0 aliphatic heterocycles. The molecule has 0 atom stereocenters. The third kappa shape index (κ3) is 4.24. The third-order valence-corrected chi connectivity index (χ3v) is 3.78. The van der Waals surface area contributed by atoms with Gasteiger partial charge in [-0.2, -0.15) is 5.10 Å². The first-order valence-electron chi connectivity index (χ1n) is 8.10. The maximum Gasteiger partial charge on any atom is 0.270 e.